The number of carbonyl (C=O) groups excluding carboxylic acids is 3. The van der Waals surface area contributed by atoms with Crippen LogP contribution in [0, 0.1) is 0 Å². The molecule has 6 unspecified atom stereocenters. The first kappa shape index (κ1) is 65.2. The summed E-state index contributed by atoms with van der Waals surface area (Å²) < 4.78 is 28.2. The number of hydrogen-bond acceptors (Lipinski definition) is 11. The third kappa shape index (κ3) is 37.6. The van der Waals surface area contributed by atoms with Crippen molar-refractivity contribution in [2.24, 2.45) is 0 Å². The summed E-state index contributed by atoms with van der Waals surface area (Å²) in [6.07, 6.45) is 46.1. The van der Waals surface area contributed by atoms with E-state index in [0.717, 1.165) is 89.9 Å². The number of ether oxygens (including phenoxy) is 5. The molecule has 1 aliphatic rings. The van der Waals surface area contributed by atoms with Gasteiger partial charge in [-0.2, -0.15) is 0 Å². The molecule has 1 aliphatic heterocycles. The Morgan fingerprint density at radius 1 is 0.479 bits per heavy atom. The van der Waals surface area contributed by atoms with Crippen LogP contribution in [0.1, 0.15) is 226 Å². The minimum atomic E-state index is -1.92. The first-order valence-corrected chi connectivity index (χ1v) is 27.9. The highest BCUT2D eigenvalue weighted by Crippen LogP contribution is 2.26. The summed E-state index contributed by atoms with van der Waals surface area (Å²) in [4.78, 5) is 50.9. The molecule has 1 saturated heterocycles. The highest BCUT2D eigenvalue weighted by Gasteiger charge is 2.50. The maximum atomic E-state index is 13.1. The van der Waals surface area contributed by atoms with Crippen molar-refractivity contribution >= 4 is 23.9 Å². The van der Waals surface area contributed by atoms with Gasteiger partial charge in [0.15, 0.2) is 24.6 Å². The van der Waals surface area contributed by atoms with E-state index in [4.69, 9.17) is 23.7 Å². The second-order valence-electron chi connectivity index (χ2n) is 18.8. The monoisotopic (exact) mass is 999 g/mol. The number of aliphatic carboxylic acids is 1. The topological polar surface area (TPSA) is 175 Å². The molecule has 1 heterocycles. The molecule has 0 spiro atoms. The van der Waals surface area contributed by atoms with E-state index in [9.17, 15) is 34.5 Å². The van der Waals surface area contributed by atoms with Gasteiger partial charge in [-0.1, -0.05) is 209 Å². The summed E-state index contributed by atoms with van der Waals surface area (Å²) in [5.74, 6) is -3.25. The second kappa shape index (κ2) is 47.2. The van der Waals surface area contributed by atoms with Crippen LogP contribution in [0.3, 0.4) is 0 Å². The van der Waals surface area contributed by atoms with E-state index in [1.54, 1.807) is 0 Å². The second-order valence-corrected chi connectivity index (χ2v) is 18.8. The Bertz CT molecular complexity index is 1510. The van der Waals surface area contributed by atoms with Crippen molar-refractivity contribution in [3.8, 4) is 0 Å². The number of hydrogen-bond donors (Lipinski definition) is 3. The predicted octanol–water partition coefficient (Wildman–Crippen LogP) is 13.8. The summed E-state index contributed by atoms with van der Waals surface area (Å²) in [6, 6.07) is 0. The SMILES string of the molecule is CC/C=C\C/C=C\C/C=C\C/C=C\CCC(=O)OC(COC(=O)CCCCCCCCCCCCCCCCC)COC1OC(C(=O)O)C(O)C(O)C1OC(=O)CCCCCCC/C=C\C/C=C\CCC. The lowest BCUT2D eigenvalue weighted by Crippen LogP contribution is -2.61. The molecule has 0 bridgehead atoms. The lowest BCUT2D eigenvalue weighted by atomic mass is 9.98. The molecule has 6 atom stereocenters. The van der Waals surface area contributed by atoms with Gasteiger partial charge in [0, 0.05) is 19.3 Å². The molecule has 0 aromatic carbocycles. The number of esters is 3. The summed E-state index contributed by atoms with van der Waals surface area (Å²) in [6.45, 7) is 5.73. The predicted molar refractivity (Wildman–Crippen MR) is 285 cm³/mol. The van der Waals surface area contributed by atoms with Gasteiger partial charge in [-0.15, -0.1) is 0 Å². The summed E-state index contributed by atoms with van der Waals surface area (Å²) >= 11 is 0. The Labute approximate surface area is 429 Å². The van der Waals surface area contributed by atoms with E-state index in [-0.39, 0.29) is 25.9 Å². The molecule has 0 aromatic rings. The van der Waals surface area contributed by atoms with Crippen LogP contribution in [0.4, 0.5) is 0 Å². The smallest absolute Gasteiger partial charge is 0.335 e. The van der Waals surface area contributed by atoms with Crippen molar-refractivity contribution in [1.82, 2.24) is 0 Å². The Morgan fingerprint density at radius 2 is 0.944 bits per heavy atom. The van der Waals surface area contributed by atoms with Gasteiger partial charge in [0.25, 0.3) is 0 Å². The molecule has 406 valence electrons. The zero-order valence-corrected chi connectivity index (χ0v) is 44.4. The van der Waals surface area contributed by atoms with Gasteiger partial charge in [0.2, 0.25) is 0 Å². The van der Waals surface area contributed by atoms with Crippen LogP contribution in [-0.2, 0) is 42.9 Å². The van der Waals surface area contributed by atoms with E-state index < -0.39 is 67.3 Å². The Morgan fingerprint density at radius 3 is 1.46 bits per heavy atom. The first-order valence-electron chi connectivity index (χ1n) is 27.9. The first-order chi connectivity index (χ1) is 34.6. The number of aliphatic hydroxyl groups excluding tert-OH is 2. The number of carbonyl (C=O) groups is 4. The lowest BCUT2D eigenvalue weighted by Gasteiger charge is -2.40. The minimum absolute atomic E-state index is 0.0349. The maximum absolute atomic E-state index is 13.1. The van der Waals surface area contributed by atoms with Crippen LogP contribution in [0.5, 0.6) is 0 Å². The number of unbranched alkanes of at least 4 members (excludes halogenated alkanes) is 20. The van der Waals surface area contributed by atoms with Gasteiger partial charge in [0.1, 0.15) is 18.8 Å². The van der Waals surface area contributed by atoms with Crippen molar-refractivity contribution in [3.63, 3.8) is 0 Å². The standard InChI is InChI=1S/C59H98O12/c1-4-7-10-13-16-19-22-25-26-29-30-33-36-39-42-45-51(60)67-48-50(69-52(61)46-43-40-37-34-31-27-23-20-17-14-11-8-5-2)49-68-59-57(55(64)54(63)56(71-59)58(65)66)70-53(62)47-44-41-38-35-32-28-24-21-18-15-12-9-6-3/h8,11-12,15,17,20-21,24,27,31,37,40,50,54-57,59,63-64H,4-7,9-10,13-14,16,18-19,22-23,25-26,28-30,32-36,38-39,41-49H2,1-3H3,(H,65,66)/b11-8-,15-12-,20-17-,24-21-,31-27-,40-37-. The fourth-order valence-electron chi connectivity index (χ4n) is 8.01. The van der Waals surface area contributed by atoms with Crippen LogP contribution < -0.4 is 0 Å². The van der Waals surface area contributed by atoms with Gasteiger partial charge < -0.3 is 39.0 Å². The maximum Gasteiger partial charge on any atom is 0.335 e. The minimum Gasteiger partial charge on any atom is -0.479 e. The normalized spacial score (nSPS) is 19.0. The summed E-state index contributed by atoms with van der Waals surface area (Å²) in [7, 11) is 0. The fraction of sp³-hybridized carbons (Fsp3) is 0.729. The van der Waals surface area contributed by atoms with Crippen molar-refractivity contribution in [2.45, 2.75) is 263 Å². The molecule has 3 N–H and O–H groups in total. The molecular formula is C59H98O12. The molecule has 1 rings (SSSR count). The number of carboxylic acid groups (broad SMARTS) is 1. The third-order valence-corrected chi connectivity index (χ3v) is 12.3. The van der Waals surface area contributed by atoms with Crippen LogP contribution in [0.15, 0.2) is 72.9 Å². The summed E-state index contributed by atoms with van der Waals surface area (Å²) in [5.41, 5.74) is 0. The van der Waals surface area contributed by atoms with Crippen LogP contribution >= 0.6 is 0 Å². The largest absolute Gasteiger partial charge is 0.479 e. The average molecular weight is 999 g/mol. The zero-order chi connectivity index (χ0) is 51.8. The highest BCUT2D eigenvalue weighted by atomic mass is 16.7. The van der Waals surface area contributed by atoms with Crippen molar-refractivity contribution in [3.05, 3.63) is 72.9 Å². The van der Waals surface area contributed by atoms with Crippen molar-refractivity contribution < 1.29 is 58.2 Å². The fourth-order valence-corrected chi connectivity index (χ4v) is 8.01. The molecule has 1 fully saturated rings. The van der Waals surface area contributed by atoms with E-state index in [1.165, 1.54) is 70.6 Å². The van der Waals surface area contributed by atoms with Gasteiger partial charge in [-0.25, -0.2) is 4.79 Å². The van der Waals surface area contributed by atoms with Gasteiger partial charge in [-0.05, 0) is 70.6 Å². The van der Waals surface area contributed by atoms with E-state index in [0.29, 0.717) is 25.7 Å². The quantitative estimate of drug-likeness (QED) is 0.0228. The number of rotatable bonds is 46. The van der Waals surface area contributed by atoms with Gasteiger partial charge in [-0.3, -0.25) is 14.4 Å². The lowest BCUT2D eigenvalue weighted by molar-refractivity contribution is -0.301. The molecular weight excluding hydrogens is 901 g/mol. The van der Waals surface area contributed by atoms with E-state index in [2.05, 4.69) is 81.5 Å². The van der Waals surface area contributed by atoms with E-state index in [1.807, 2.05) is 12.2 Å². The number of allylic oxidation sites excluding steroid dienone is 12. The molecule has 0 aliphatic carbocycles. The Balaban J connectivity index is 2.75. The number of carboxylic acids is 1. The van der Waals surface area contributed by atoms with E-state index >= 15 is 0 Å². The van der Waals surface area contributed by atoms with Gasteiger partial charge in [0.05, 0.1) is 6.61 Å². The molecule has 12 nitrogen and oxygen atoms in total. The molecule has 0 aromatic heterocycles. The Kier molecular flexibility index (Phi) is 43.3. The molecule has 0 radical (unpaired) electrons. The molecule has 0 amide bonds. The molecule has 0 saturated carbocycles. The molecule has 71 heavy (non-hydrogen) atoms. The zero-order valence-electron chi connectivity index (χ0n) is 44.4. The Hall–Kier alpha value is -3.84. The van der Waals surface area contributed by atoms with Crippen molar-refractivity contribution in [1.29, 1.82) is 0 Å². The summed E-state index contributed by atoms with van der Waals surface area (Å²) in [5, 5.41) is 31.4. The van der Waals surface area contributed by atoms with Crippen LogP contribution in [-0.4, -0.2) is 89.2 Å². The van der Waals surface area contributed by atoms with Crippen LogP contribution in [0.2, 0.25) is 0 Å². The average Bonchev–Trinajstić information content (AvgIpc) is 3.35. The molecule has 12 heteroatoms. The van der Waals surface area contributed by atoms with Crippen LogP contribution in [0.25, 0.3) is 0 Å². The number of aliphatic hydroxyl groups is 2. The van der Waals surface area contributed by atoms with Gasteiger partial charge >= 0.3 is 23.9 Å². The highest BCUT2D eigenvalue weighted by molar-refractivity contribution is 5.74. The van der Waals surface area contributed by atoms with Crippen molar-refractivity contribution in [2.75, 3.05) is 13.2 Å². The third-order valence-electron chi connectivity index (χ3n) is 12.3.